The molecular weight excluding hydrogens is 460 g/mol. The fourth-order valence-corrected chi connectivity index (χ4v) is 4.69. The van der Waals surface area contributed by atoms with Gasteiger partial charge in [-0.25, -0.2) is 4.98 Å². The molecule has 2 heterocycles. The molecule has 1 aromatic heterocycles. The van der Waals surface area contributed by atoms with E-state index in [4.69, 9.17) is 20.2 Å². The lowest BCUT2D eigenvalue weighted by Crippen LogP contribution is -2.45. The maximum absolute atomic E-state index is 7.35. The smallest absolute Gasteiger partial charge is 0.214 e. The van der Waals surface area contributed by atoms with Crippen LogP contribution < -0.4 is 15.2 Å². The number of ether oxygens (including phenoxy) is 2. The number of hydrogen-bond donors (Lipinski definition) is 1. The molecule has 0 aliphatic carbocycles. The monoisotopic (exact) mass is 492 g/mol. The predicted molar refractivity (Wildman–Crippen MR) is 151 cm³/mol. The number of fused-ring (bicyclic) bond motifs is 6. The zero-order chi connectivity index (χ0) is 26.2. The number of aryl methyl sites for hydroxylation is 1. The Balaban J connectivity index is 1.84. The average Bonchev–Trinajstić information content (AvgIpc) is 2.90. The summed E-state index contributed by atoms with van der Waals surface area (Å²) >= 11 is 0. The first-order valence-electron chi connectivity index (χ1n) is 12.5. The fourth-order valence-electron chi connectivity index (χ4n) is 4.69. The Bertz CT molecular complexity index is 1540. The van der Waals surface area contributed by atoms with Crippen LogP contribution in [-0.2, 0) is 12.1 Å². The number of rotatable bonds is 4. The van der Waals surface area contributed by atoms with Gasteiger partial charge in [0.1, 0.15) is 17.9 Å². The molecule has 5 rings (SSSR count). The molecule has 0 saturated carbocycles. The molecule has 188 valence electrons. The zero-order valence-electron chi connectivity index (χ0n) is 21.9. The number of aromatic nitrogens is 1. The molecule has 0 spiro atoms. The van der Waals surface area contributed by atoms with Gasteiger partial charge in [-0.2, -0.15) is 10.2 Å². The number of nitrogens with two attached hydrogens (primary N) is 1. The molecule has 1 aliphatic heterocycles. The van der Waals surface area contributed by atoms with Crippen molar-refractivity contribution < 1.29 is 9.47 Å². The lowest BCUT2D eigenvalue weighted by atomic mass is 9.78. The van der Waals surface area contributed by atoms with Crippen molar-refractivity contribution in [2.45, 2.75) is 39.8 Å². The van der Waals surface area contributed by atoms with E-state index in [1.165, 1.54) is 0 Å². The van der Waals surface area contributed by atoms with E-state index in [0.29, 0.717) is 18.2 Å². The summed E-state index contributed by atoms with van der Waals surface area (Å²) in [6, 6.07) is 22.5. The van der Waals surface area contributed by atoms with Crippen molar-refractivity contribution in [2.24, 2.45) is 21.9 Å². The van der Waals surface area contributed by atoms with Crippen LogP contribution >= 0.6 is 0 Å². The number of pyridine rings is 1. The van der Waals surface area contributed by atoms with Gasteiger partial charge in [-0.05, 0) is 83.5 Å². The summed E-state index contributed by atoms with van der Waals surface area (Å²) in [6.45, 7) is 8.58. The second-order valence-corrected chi connectivity index (χ2v) is 9.90. The molecule has 3 aromatic carbocycles. The van der Waals surface area contributed by atoms with Crippen LogP contribution in [0.5, 0.6) is 11.6 Å². The first kappa shape index (κ1) is 24.7. The standard InChI is InChI=1S/C31H32N4O2/c1-19(2)17-33-35-21(4)31(32)24-10-9-20(3)23(13-24)18-37-26-8-6-7-22(14-26)27-16-30(36-5)34-29-12-11-25(31)15-28(27)29/h6-17,19H,18,32H2,1-5H3/b33-17-,35-21+. The van der Waals surface area contributed by atoms with Crippen LogP contribution in [0.15, 0.2) is 76.9 Å². The minimum atomic E-state index is -1.02. The van der Waals surface area contributed by atoms with Gasteiger partial charge in [-0.15, -0.1) is 0 Å². The minimum Gasteiger partial charge on any atom is -0.489 e. The van der Waals surface area contributed by atoms with Crippen LogP contribution in [0.25, 0.3) is 22.0 Å². The van der Waals surface area contributed by atoms with Gasteiger partial charge < -0.3 is 15.2 Å². The highest BCUT2D eigenvalue weighted by Gasteiger charge is 2.34. The number of methoxy groups -OCH3 is 1. The highest BCUT2D eigenvalue weighted by Crippen LogP contribution is 2.38. The summed E-state index contributed by atoms with van der Waals surface area (Å²) < 4.78 is 11.8. The van der Waals surface area contributed by atoms with Crippen LogP contribution in [0.2, 0.25) is 0 Å². The topological polar surface area (TPSA) is 82.1 Å². The second-order valence-electron chi connectivity index (χ2n) is 9.90. The van der Waals surface area contributed by atoms with Crippen molar-refractivity contribution in [3.8, 4) is 22.8 Å². The first-order chi connectivity index (χ1) is 17.8. The molecule has 6 bridgehead atoms. The van der Waals surface area contributed by atoms with Crippen LogP contribution in [0, 0.1) is 12.8 Å². The third-order valence-corrected chi connectivity index (χ3v) is 6.94. The third kappa shape index (κ3) is 4.60. The molecule has 37 heavy (non-hydrogen) atoms. The van der Waals surface area contributed by atoms with E-state index in [2.05, 4.69) is 67.4 Å². The fraction of sp³-hybridized carbons (Fsp3) is 0.258. The maximum atomic E-state index is 7.35. The molecule has 1 unspecified atom stereocenters. The van der Waals surface area contributed by atoms with Gasteiger partial charge in [0.25, 0.3) is 0 Å². The highest BCUT2D eigenvalue weighted by atomic mass is 16.5. The summed E-state index contributed by atoms with van der Waals surface area (Å²) in [7, 11) is 1.63. The van der Waals surface area contributed by atoms with Crippen molar-refractivity contribution in [3.05, 3.63) is 89.0 Å². The quantitative estimate of drug-likeness (QED) is 0.263. The van der Waals surface area contributed by atoms with Crippen molar-refractivity contribution in [3.63, 3.8) is 0 Å². The normalized spacial score (nSPS) is 17.4. The molecule has 1 atom stereocenters. The number of nitrogens with zero attached hydrogens (tertiary/aromatic N) is 3. The Morgan fingerprint density at radius 2 is 1.86 bits per heavy atom. The Labute approximate surface area is 217 Å². The van der Waals surface area contributed by atoms with Crippen LogP contribution in [0.3, 0.4) is 0 Å². The van der Waals surface area contributed by atoms with Gasteiger partial charge >= 0.3 is 0 Å². The van der Waals surface area contributed by atoms with E-state index >= 15 is 0 Å². The summed E-state index contributed by atoms with van der Waals surface area (Å²) in [5, 5.41) is 9.87. The van der Waals surface area contributed by atoms with Crippen molar-refractivity contribution in [1.82, 2.24) is 4.98 Å². The zero-order valence-corrected chi connectivity index (χ0v) is 21.9. The number of hydrogen-bond acceptors (Lipinski definition) is 6. The molecule has 4 aromatic rings. The molecule has 6 nitrogen and oxygen atoms in total. The van der Waals surface area contributed by atoms with Gasteiger partial charge in [0.15, 0.2) is 0 Å². The Morgan fingerprint density at radius 1 is 1.08 bits per heavy atom. The molecule has 0 radical (unpaired) electrons. The lowest BCUT2D eigenvalue weighted by molar-refractivity contribution is 0.305. The second kappa shape index (κ2) is 9.79. The maximum Gasteiger partial charge on any atom is 0.214 e. The van der Waals surface area contributed by atoms with Gasteiger partial charge in [-0.3, -0.25) is 0 Å². The van der Waals surface area contributed by atoms with Crippen LogP contribution in [-0.4, -0.2) is 24.0 Å². The third-order valence-electron chi connectivity index (χ3n) is 6.94. The molecule has 6 heteroatoms. The Morgan fingerprint density at radius 3 is 2.65 bits per heavy atom. The van der Waals surface area contributed by atoms with Crippen molar-refractivity contribution in [2.75, 3.05) is 7.11 Å². The summed E-state index contributed by atoms with van der Waals surface area (Å²) in [5.41, 5.74) is 13.9. The van der Waals surface area contributed by atoms with Crippen LogP contribution in [0.1, 0.15) is 43.0 Å². The highest BCUT2D eigenvalue weighted by molar-refractivity contribution is 6.00. The predicted octanol–water partition coefficient (Wildman–Crippen LogP) is 6.42. The van der Waals surface area contributed by atoms with E-state index in [1.807, 2.05) is 43.5 Å². The van der Waals surface area contributed by atoms with E-state index in [9.17, 15) is 0 Å². The largest absolute Gasteiger partial charge is 0.489 e. The Hall–Kier alpha value is -4.03. The van der Waals surface area contributed by atoms with E-state index in [-0.39, 0.29) is 5.92 Å². The van der Waals surface area contributed by atoms with Crippen molar-refractivity contribution in [1.29, 1.82) is 0 Å². The first-order valence-corrected chi connectivity index (χ1v) is 12.5. The molecular formula is C31H32N4O2. The number of benzene rings is 3. The summed E-state index contributed by atoms with van der Waals surface area (Å²) in [6.07, 6.45) is 1.82. The SMILES string of the molecule is COc1cc2c3cc(ccc3n1)C(N)(/C(C)=N/N=C\C(C)C)c1ccc(C)c(c1)COc1cccc-2c1. The molecule has 0 saturated heterocycles. The molecule has 0 fully saturated rings. The van der Waals surface area contributed by atoms with E-state index in [0.717, 1.165) is 50.0 Å². The average molecular weight is 493 g/mol. The summed E-state index contributed by atoms with van der Waals surface area (Å²) in [4.78, 5) is 4.71. The van der Waals surface area contributed by atoms with Gasteiger partial charge in [-0.1, -0.05) is 44.2 Å². The van der Waals surface area contributed by atoms with Gasteiger partial charge in [0.05, 0.1) is 18.3 Å². The molecule has 2 N–H and O–H groups in total. The van der Waals surface area contributed by atoms with Gasteiger partial charge in [0.2, 0.25) is 5.88 Å². The van der Waals surface area contributed by atoms with E-state index in [1.54, 1.807) is 7.11 Å². The minimum absolute atomic E-state index is 0.285. The summed E-state index contributed by atoms with van der Waals surface area (Å²) in [5.74, 6) is 1.63. The molecule has 1 aliphatic rings. The lowest BCUT2D eigenvalue weighted by Gasteiger charge is -2.31. The van der Waals surface area contributed by atoms with Crippen LogP contribution in [0.4, 0.5) is 0 Å². The Kier molecular flexibility index (Phi) is 6.52. The van der Waals surface area contributed by atoms with Crippen molar-refractivity contribution >= 4 is 22.8 Å². The van der Waals surface area contributed by atoms with Gasteiger partial charge in [0, 0.05) is 17.7 Å². The molecule has 0 amide bonds. The van der Waals surface area contributed by atoms with E-state index < -0.39 is 5.54 Å².